The molecule has 2 aromatic rings. The molecule has 1 aliphatic heterocycles. The van der Waals surface area contributed by atoms with Crippen molar-refractivity contribution in [1.82, 2.24) is 10.6 Å². The third-order valence-corrected chi connectivity index (χ3v) is 6.10. The molecule has 1 saturated heterocycles. The van der Waals surface area contributed by atoms with Crippen molar-refractivity contribution in [3.8, 4) is 0 Å². The quantitative estimate of drug-likeness (QED) is 0.370. The molecule has 3 rings (SSSR count). The summed E-state index contributed by atoms with van der Waals surface area (Å²) in [6.45, 7) is 8.13. The molecule has 4 nitrogen and oxygen atoms in total. The normalized spacial score (nSPS) is 15.8. The fraction of sp³-hybridized carbons (Fsp3) is 0.500. The monoisotopic (exact) mass is 490 g/mol. The van der Waals surface area contributed by atoms with Crippen LogP contribution in [0.1, 0.15) is 29.5 Å². The zero-order valence-corrected chi connectivity index (χ0v) is 18.8. The Labute approximate surface area is 175 Å². The van der Waals surface area contributed by atoms with E-state index in [0.717, 1.165) is 45.0 Å². The maximum absolute atomic E-state index is 4.75. The zero-order chi connectivity index (χ0) is 16.8. The Balaban J connectivity index is 0.00000225. The number of guanidine groups is 1. The zero-order valence-electron chi connectivity index (χ0n) is 14.8. The molecular formula is C18H27IN4S2. The van der Waals surface area contributed by atoms with Crippen molar-refractivity contribution in [1.29, 1.82) is 0 Å². The molecular weight excluding hydrogens is 463 g/mol. The summed E-state index contributed by atoms with van der Waals surface area (Å²) < 4.78 is 0. The van der Waals surface area contributed by atoms with E-state index in [0.29, 0.717) is 6.04 Å². The second kappa shape index (κ2) is 10.4. The first kappa shape index (κ1) is 20.5. The van der Waals surface area contributed by atoms with Gasteiger partial charge in [-0.1, -0.05) is 0 Å². The molecule has 0 spiro atoms. The smallest absolute Gasteiger partial charge is 0.191 e. The van der Waals surface area contributed by atoms with E-state index in [2.05, 4.69) is 59.0 Å². The van der Waals surface area contributed by atoms with Gasteiger partial charge in [-0.3, -0.25) is 0 Å². The van der Waals surface area contributed by atoms with Crippen LogP contribution in [-0.2, 0) is 6.54 Å². The number of hydrogen-bond acceptors (Lipinski definition) is 4. The van der Waals surface area contributed by atoms with E-state index in [9.17, 15) is 0 Å². The van der Waals surface area contributed by atoms with Crippen LogP contribution in [0.5, 0.6) is 0 Å². The Morgan fingerprint density at radius 2 is 2.08 bits per heavy atom. The van der Waals surface area contributed by atoms with Gasteiger partial charge < -0.3 is 15.5 Å². The van der Waals surface area contributed by atoms with Crippen molar-refractivity contribution >= 4 is 57.6 Å². The summed E-state index contributed by atoms with van der Waals surface area (Å²) in [4.78, 5) is 9.90. The van der Waals surface area contributed by atoms with Gasteiger partial charge in [0.1, 0.15) is 0 Å². The van der Waals surface area contributed by atoms with Gasteiger partial charge in [-0.05, 0) is 56.3 Å². The maximum atomic E-state index is 4.75. The van der Waals surface area contributed by atoms with Crippen LogP contribution in [0.2, 0.25) is 0 Å². The summed E-state index contributed by atoms with van der Waals surface area (Å²) in [5.74, 6) is 0.943. The van der Waals surface area contributed by atoms with Crippen LogP contribution in [0.4, 0.5) is 5.00 Å². The molecule has 0 amide bonds. The van der Waals surface area contributed by atoms with Crippen molar-refractivity contribution < 1.29 is 0 Å². The van der Waals surface area contributed by atoms with Crippen LogP contribution >= 0.6 is 46.7 Å². The van der Waals surface area contributed by atoms with Gasteiger partial charge in [-0.2, -0.15) is 0 Å². The number of thiophene rings is 2. The van der Waals surface area contributed by atoms with E-state index in [1.807, 2.05) is 22.7 Å². The summed E-state index contributed by atoms with van der Waals surface area (Å²) in [6.07, 6.45) is 2.31. The Kier molecular flexibility index (Phi) is 8.51. The first-order chi connectivity index (χ1) is 11.7. The lowest BCUT2D eigenvalue weighted by molar-refractivity contribution is 0.463. The van der Waals surface area contributed by atoms with E-state index >= 15 is 0 Å². The SMILES string of the molecule is CCNC(=NCc1ccc(C)s1)NC1CCN(c2cccs2)CC1.I. The molecule has 0 aromatic carbocycles. The van der Waals surface area contributed by atoms with Gasteiger partial charge in [-0.15, -0.1) is 46.7 Å². The van der Waals surface area contributed by atoms with Crippen LogP contribution in [-0.4, -0.2) is 31.6 Å². The fourth-order valence-corrected chi connectivity index (χ4v) is 4.53. The minimum absolute atomic E-state index is 0. The number of halogens is 1. The van der Waals surface area contributed by atoms with Crippen LogP contribution in [0.3, 0.4) is 0 Å². The number of hydrogen-bond donors (Lipinski definition) is 2. The largest absolute Gasteiger partial charge is 0.363 e. The lowest BCUT2D eigenvalue weighted by Crippen LogP contribution is -2.48. The van der Waals surface area contributed by atoms with Crippen molar-refractivity contribution in [2.45, 2.75) is 39.3 Å². The number of piperidine rings is 1. The summed E-state index contributed by atoms with van der Waals surface area (Å²) in [5, 5.41) is 10.5. The average molecular weight is 490 g/mol. The van der Waals surface area contributed by atoms with E-state index in [1.165, 1.54) is 14.8 Å². The minimum atomic E-state index is 0. The van der Waals surface area contributed by atoms with E-state index in [-0.39, 0.29) is 24.0 Å². The summed E-state index contributed by atoms with van der Waals surface area (Å²) in [6, 6.07) is 9.19. The molecule has 2 aromatic heterocycles. The molecule has 0 aliphatic carbocycles. The minimum Gasteiger partial charge on any atom is -0.363 e. The van der Waals surface area contributed by atoms with Gasteiger partial charge in [0.2, 0.25) is 0 Å². The Morgan fingerprint density at radius 1 is 1.28 bits per heavy atom. The standard InChI is InChI=1S/C18H26N4S2.HI/c1-3-19-18(20-13-16-7-6-14(2)24-16)21-15-8-10-22(11-9-15)17-5-4-12-23-17;/h4-7,12,15H,3,8-11,13H2,1-2H3,(H2,19,20,21);1H. The number of anilines is 1. The molecule has 7 heteroatoms. The van der Waals surface area contributed by atoms with Crippen LogP contribution < -0.4 is 15.5 Å². The third-order valence-electron chi connectivity index (χ3n) is 4.19. The average Bonchev–Trinajstić information content (AvgIpc) is 3.25. The predicted molar refractivity (Wildman–Crippen MR) is 122 cm³/mol. The molecule has 25 heavy (non-hydrogen) atoms. The van der Waals surface area contributed by atoms with Crippen LogP contribution in [0.25, 0.3) is 0 Å². The summed E-state index contributed by atoms with van der Waals surface area (Å²) in [5.41, 5.74) is 0. The van der Waals surface area contributed by atoms with Crippen LogP contribution in [0.15, 0.2) is 34.6 Å². The first-order valence-corrected chi connectivity index (χ1v) is 10.3. The van der Waals surface area contributed by atoms with Gasteiger partial charge in [0, 0.05) is 35.4 Å². The Bertz CT molecular complexity index is 646. The van der Waals surface area contributed by atoms with Crippen molar-refractivity contribution in [3.63, 3.8) is 0 Å². The van der Waals surface area contributed by atoms with E-state index in [4.69, 9.17) is 4.99 Å². The van der Waals surface area contributed by atoms with Gasteiger partial charge in [0.05, 0.1) is 11.5 Å². The molecule has 0 bridgehead atoms. The highest BCUT2D eigenvalue weighted by atomic mass is 127. The second-order valence-corrected chi connectivity index (χ2v) is 8.36. The van der Waals surface area contributed by atoms with Gasteiger partial charge in [-0.25, -0.2) is 4.99 Å². The van der Waals surface area contributed by atoms with Gasteiger partial charge >= 0.3 is 0 Å². The highest BCUT2D eigenvalue weighted by Gasteiger charge is 2.20. The third kappa shape index (κ3) is 6.14. The molecule has 0 unspecified atom stereocenters. The van der Waals surface area contributed by atoms with Crippen LogP contribution in [0, 0.1) is 6.92 Å². The molecule has 1 aliphatic rings. The molecule has 2 N–H and O–H groups in total. The second-order valence-electron chi connectivity index (χ2n) is 6.06. The number of aryl methyl sites for hydroxylation is 1. The summed E-state index contributed by atoms with van der Waals surface area (Å²) >= 11 is 3.66. The fourth-order valence-electron chi connectivity index (χ4n) is 2.93. The molecule has 0 radical (unpaired) electrons. The van der Waals surface area contributed by atoms with Gasteiger partial charge in [0.15, 0.2) is 5.96 Å². The van der Waals surface area contributed by atoms with Crippen molar-refractivity contribution in [2.24, 2.45) is 4.99 Å². The predicted octanol–water partition coefficient (Wildman–Crippen LogP) is 4.46. The number of nitrogens with zero attached hydrogens (tertiary/aromatic N) is 2. The topological polar surface area (TPSA) is 39.7 Å². The molecule has 138 valence electrons. The van der Waals surface area contributed by atoms with Crippen molar-refractivity contribution in [2.75, 3.05) is 24.5 Å². The van der Waals surface area contributed by atoms with E-state index < -0.39 is 0 Å². The lowest BCUT2D eigenvalue weighted by atomic mass is 10.1. The first-order valence-electron chi connectivity index (χ1n) is 8.63. The molecule has 0 saturated carbocycles. The maximum Gasteiger partial charge on any atom is 0.191 e. The Morgan fingerprint density at radius 3 is 2.68 bits per heavy atom. The molecule has 3 heterocycles. The molecule has 1 fully saturated rings. The number of aliphatic imine (C=N–C) groups is 1. The molecule has 0 atom stereocenters. The van der Waals surface area contributed by atoms with Crippen molar-refractivity contribution in [3.05, 3.63) is 39.4 Å². The highest BCUT2D eigenvalue weighted by Crippen LogP contribution is 2.24. The lowest BCUT2D eigenvalue weighted by Gasteiger charge is -2.33. The number of rotatable bonds is 5. The Hall–Kier alpha value is -0.800. The highest BCUT2D eigenvalue weighted by molar-refractivity contribution is 14.0. The van der Waals surface area contributed by atoms with E-state index in [1.54, 1.807) is 0 Å². The van der Waals surface area contributed by atoms with Gasteiger partial charge in [0.25, 0.3) is 0 Å². The summed E-state index contributed by atoms with van der Waals surface area (Å²) in [7, 11) is 0. The number of nitrogens with one attached hydrogen (secondary N) is 2.